The molecule has 0 radical (unpaired) electrons. The fraction of sp³-hybridized carbons (Fsp3) is 0.405. The van der Waals surface area contributed by atoms with Crippen LogP contribution in [-0.2, 0) is 22.7 Å². The number of aryl methyl sites for hydroxylation is 1. The van der Waals surface area contributed by atoms with Crippen LogP contribution in [0, 0.1) is 17.2 Å². The Kier molecular flexibility index (Phi) is 10.0. The van der Waals surface area contributed by atoms with Crippen LogP contribution in [0.5, 0.6) is 0 Å². The summed E-state index contributed by atoms with van der Waals surface area (Å²) in [6.45, 7) is 9.18. The van der Waals surface area contributed by atoms with Crippen molar-refractivity contribution in [3.8, 4) is 17.2 Å². The Balaban J connectivity index is 0.843. The van der Waals surface area contributed by atoms with Gasteiger partial charge in [-0.15, -0.1) is 0 Å². The number of hydrogen-bond donors (Lipinski definition) is 2. The van der Waals surface area contributed by atoms with E-state index in [4.69, 9.17) is 5.73 Å². The van der Waals surface area contributed by atoms with Gasteiger partial charge in [0.1, 0.15) is 6.04 Å². The number of carbonyl (C=O) groups is 4. The van der Waals surface area contributed by atoms with Crippen molar-refractivity contribution >= 4 is 40.2 Å². The molecular formula is C42H46N8O4. The van der Waals surface area contributed by atoms with Gasteiger partial charge in [0.2, 0.25) is 11.8 Å². The number of rotatable bonds is 10. The van der Waals surface area contributed by atoms with Gasteiger partial charge in [-0.25, -0.2) is 0 Å². The number of nitrogens with two attached hydrogens (primary N) is 1. The van der Waals surface area contributed by atoms with Gasteiger partial charge in [0.05, 0.1) is 22.8 Å². The number of anilines is 1. The lowest BCUT2D eigenvalue weighted by molar-refractivity contribution is -0.136. The molecule has 278 valence electrons. The Hall–Kier alpha value is -5.35. The van der Waals surface area contributed by atoms with E-state index < -0.39 is 23.8 Å². The molecule has 1 unspecified atom stereocenters. The van der Waals surface area contributed by atoms with Crippen LogP contribution in [0.25, 0.3) is 22.0 Å². The molecule has 1 atom stereocenters. The number of aromatic nitrogens is 1. The quantitative estimate of drug-likeness (QED) is 0.232. The van der Waals surface area contributed by atoms with Crippen LogP contribution in [0.1, 0.15) is 63.9 Å². The smallest absolute Gasteiger partial charge is 0.262 e. The van der Waals surface area contributed by atoms with Crippen LogP contribution < -0.4 is 16.0 Å². The zero-order valence-electron chi connectivity index (χ0n) is 30.5. The van der Waals surface area contributed by atoms with E-state index in [1.165, 1.54) is 34.9 Å². The predicted molar refractivity (Wildman–Crippen MR) is 206 cm³/mol. The van der Waals surface area contributed by atoms with Gasteiger partial charge in [0.25, 0.3) is 11.8 Å². The standard InChI is InChI=1S/C42H46N8O4/c43-14-1-15-49-27-36(31-5-2-28(24-44)3-6-31)34-22-30(4-9-37(34)49)26-46-16-12-29(13-17-46)25-47-18-20-48(21-19-47)32-7-8-33-35(23-32)42(54)50(41(33)53)38-10-11-39(51)45-40(38)52/h2-9,22-23,27,29,38H,1,10-21,25-26,43H2,(H,45,51,52). The second-order valence-corrected chi connectivity index (χ2v) is 15.1. The number of amides is 4. The Morgan fingerprint density at radius 1 is 0.796 bits per heavy atom. The van der Waals surface area contributed by atoms with Gasteiger partial charge in [-0.2, -0.15) is 5.26 Å². The molecule has 0 bridgehead atoms. The van der Waals surface area contributed by atoms with E-state index in [0.717, 1.165) is 81.5 Å². The molecule has 1 aromatic heterocycles. The molecule has 4 aliphatic rings. The third-order valence-electron chi connectivity index (χ3n) is 11.7. The highest BCUT2D eigenvalue weighted by Gasteiger charge is 2.44. The highest BCUT2D eigenvalue weighted by molar-refractivity contribution is 6.23. The molecule has 0 saturated carbocycles. The maximum absolute atomic E-state index is 13.3. The van der Waals surface area contributed by atoms with E-state index >= 15 is 0 Å². The summed E-state index contributed by atoms with van der Waals surface area (Å²) in [6, 6.07) is 21.3. The van der Waals surface area contributed by atoms with E-state index in [2.05, 4.69) is 55.0 Å². The molecule has 12 heteroatoms. The summed E-state index contributed by atoms with van der Waals surface area (Å²) in [5, 5.41) is 12.8. The van der Waals surface area contributed by atoms with Gasteiger partial charge in [-0.1, -0.05) is 18.2 Å². The normalized spacial score (nSPS) is 20.1. The molecule has 5 heterocycles. The minimum Gasteiger partial charge on any atom is -0.369 e. The highest BCUT2D eigenvalue weighted by Crippen LogP contribution is 2.34. The van der Waals surface area contributed by atoms with Gasteiger partial charge in [0, 0.05) is 80.6 Å². The second-order valence-electron chi connectivity index (χ2n) is 15.1. The topological polar surface area (TPSA) is 148 Å². The maximum Gasteiger partial charge on any atom is 0.262 e. The Labute approximate surface area is 315 Å². The summed E-state index contributed by atoms with van der Waals surface area (Å²) in [5.74, 6) is -1.28. The average molecular weight is 727 g/mol. The summed E-state index contributed by atoms with van der Waals surface area (Å²) in [4.78, 5) is 58.9. The predicted octanol–water partition coefficient (Wildman–Crippen LogP) is 3.96. The first-order valence-electron chi connectivity index (χ1n) is 19.2. The van der Waals surface area contributed by atoms with Crippen LogP contribution in [0.3, 0.4) is 0 Å². The number of piperidine rings is 2. The Bertz CT molecular complexity index is 2140. The number of fused-ring (bicyclic) bond motifs is 2. The number of carbonyl (C=O) groups excluding carboxylic acids is 4. The first-order chi connectivity index (χ1) is 26.3. The molecule has 3 aromatic carbocycles. The van der Waals surface area contributed by atoms with E-state index in [1.807, 2.05) is 30.3 Å². The van der Waals surface area contributed by atoms with Crippen LogP contribution in [0.4, 0.5) is 5.69 Å². The Morgan fingerprint density at radius 2 is 1.56 bits per heavy atom. The van der Waals surface area contributed by atoms with E-state index in [9.17, 15) is 24.4 Å². The molecule has 3 N–H and O–H groups in total. The molecule has 3 fully saturated rings. The van der Waals surface area contributed by atoms with E-state index in [1.54, 1.807) is 12.1 Å². The molecule has 3 saturated heterocycles. The summed E-state index contributed by atoms with van der Waals surface area (Å²) < 4.78 is 2.30. The number of benzene rings is 3. The van der Waals surface area contributed by atoms with Gasteiger partial charge in [-0.05, 0) is 105 Å². The molecule has 54 heavy (non-hydrogen) atoms. The number of nitrogens with one attached hydrogen (secondary N) is 1. The van der Waals surface area contributed by atoms with E-state index in [-0.39, 0.29) is 18.7 Å². The van der Waals surface area contributed by atoms with Crippen molar-refractivity contribution < 1.29 is 19.2 Å². The van der Waals surface area contributed by atoms with Crippen molar-refractivity contribution in [2.45, 2.75) is 51.2 Å². The molecule has 4 aliphatic heterocycles. The zero-order chi connectivity index (χ0) is 37.3. The van der Waals surface area contributed by atoms with Crippen molar-refractivity contribution in [2.24, 2.45) is 11.7 Å². The number of nitrogens with zero attached hydrogens (tertiary/aromatic N) is 6. The molecule has 4 amide bonds. The molecule has 0 spiro atoms. The summed E-state index contributed by atoms with van der Waals surface area (Å²) in [6.07, 6.45) is 5.72. The highest BCUT2D eigenvalue weighted by atomic mass is 16.2. The molecule has 4 aromatic rings. The van der Waals surface area contributed by atoms with Crippen LogP contribution in [-0.4, -0.2) is 101 Å². The van der Waals surface area contributed by atoms with Gasteiger partial charge in [-0.3, -0.25) is 39.2 Å². The Morgan fingerprint density at radius 3 is 2.28 bits per heavy atom. The van der Waals surface area contributed by atoms with Crippen LogP contribution >= 0.6 is 0 Å². The SMILES string of the molecule is N#Cc1ccc(-c2cn(CCCN)c3ccc(CN4CCC(CN5CCN(c6ccc7c(c6)C(=O)N(C6CCC(=O)NC6=O)C7=O)CC5)CC4)cc23)cc1. The summed E-state index contributed by atoms with van der Waals surface area (Å²) in [7, 11) is 0. The average Bonchev–Trinajstić information content (AvgIpc) is 3.67. The minimum absolute atomic E-state index is 0.102. The number of piperazine rings is 1. The van der Waals surface area contributed by atoms with Gasteiger partial charge >= 0.3 is 0 Å². The fourth-order valence-electron chi connectivity index (χ4n) is 8.64. The number of nitriles is 1. The maximum atomic E-state index is 13.3. The third-order valence-corrected chi connectivity index (χ3v) is 11.7. The van der Waals surface area contributed by atoms with Gasteiger partial charge < -0.3 is 15.2 Å². The molecule has 12 nitrogen and oxygen atoms in total. The lowest BCUT2D eigenvalue weighted by Gasteiger charge is -2.39. The third kappa shape index (κ3) is 7.02. The monoisotopic (exact) mass is 726 g/mol. The summed E-state index contributed by atoms with van der Waals surface area (Å²) in [5.41, 5.74) is 12.9. The molecule has 8 rings (SSSR count). The number of imide groups is 2. The van der Waals surface area contributed by atoms with Crippen LogP contribution in [0.2, 0.25) is 0 Å². The van der Waals surface area contributed by atoms with Crippen molar-refractivity contribution in [1.82, 2.24) is 24.6 Å². The first-order valence-corrected chi connectivity index (χ1v) is 19.2. The van der Waals surface area contributed by atoms with Crippen LogP contribution in [0.15, 0.2) is 66.9 Å². The second kappa shape index (κ2) is 15.2. The van der Waals surface area contributed by atoms with E-state index in [0.29, 0.717) is 29.2 Å². The van der Waals surface area contributed by atoms with Crippen molar-refractivity contribution in [3.05, 3.63) is 89.1 Å². The van der Waals surface area contributed by atoms with Gasteiger partial charge in [0.15, 0.2) is 0 Å². The fourth-order valence-corrected chi connectivity index (χ4v) is 8.64. The molecule has 0 aliphatic carbocycles. The first kappa shape index (κ1) is 35.7. The van der Waals surface area contributed by atoms with Crippen molar-refractivity contribution in [1.29, 1.82) is 5.26 Å². The number of hydrogen-bond acceptors (Lipinski definition) is 9. The number of likely N-dealkylation sites (tertiary alicyclic amines) is 1. The van der Waals surface area contributed by atoms with Crippen molar-refractivity contribution in [3.63, 3.8) is 0 Å². The lowest BCUT2D eigenvalue weighted by atomic mass is 9.95. The largest absolute Gasteiger partial charge is 0.369 e. The zero-order valence-corrected chi connectivity index (χ0v) is 30.5. The van der Waals surface area contributed by atoms with Crippen molar-refractivity contribution in [2.75, 3.05) is 57.3 Å². The lowest BCUT2D eigenvalue weighted by Crippen LogP contribution is -2.54. The summed E-state index contributed by atoms with van der Waals surface area (Å²) >= 11 is 0. The minimum atomic E-state index is -0.960. The molecular weight excluding hydrogens is 681 g/mol.